The van der Waals surface area contributed by atoms with Crippen molar-refractivity contribution in [1.82, 2.24) is 10.6 Å². The smallest absolute Gasteiger partial charge is 0.326 e. The van der Waals surface area contributed by atoms with Crippen LogP contribution in [0.1, 0.15) is 67.2 Å². The fourth-order valence-corrected chi connectivity index (χ4v) is 1.91. The molecule has 166 valence electrons. The van der Waals surface area contributed by atoms with E-state index in [1.165, 1.54) is 0 Å². The zero-order valence-corrected chi connectivity index (χ0v) is 18.5. The van der Waals surface area contributed by atoms with Crippen molar-refractivity contribution in [3.8, 4) is 0 Å². The molecule has 8 heteroatoms. The molecule has 0 aliphatic heterocycles. The van der Waals surface area contributed by atoms with Crippen LogP contribution in [0.15, 0.2) is 0 Å². The molecular formula is C20H40N2O6. The Morgan fingerprint density at radius 3 is 2.11 bits per heavy atom. The Morgan fingerprint density at radius 2 is 1.71 bits per heavy atom. The van der Waals surface area contributed by atoms with E-state index in [1.54, 1.807) is 27.7 Å². The van der Waals surface area contributed by atoms with E-state index in [0.717, 1.165) is 13.0 Å². The van der Waals surface area contributed by atoms with Crippen molar-refractivity contribution in [2.45, 2.75) is 84.5 Å². The van der Waals surface area contributed by atoms with Gasteiger partial charge in [-0.3, -0.25) is 4.79 Å². The number of amides is 1. The highest BCUT2D eigenvalue weighted by Gasteiger charge is 2.21. The highest BCUT2D eigenvalue weighted by Crippen LogP contribution is 2.16. The Labute approximate surface area is 169 Å². The molecule has 1 unspecified atom stereocenters. The molecule has 0 spiro atoms. The van der Waals surface area contributed by atoms with Crippen molar-refractivity contribution in [2.24, 2.45) is 5.92 Å². The number of hydrogen-bond donors (Lipinski definition) is 4. The molecule has 0 fully saturated rings. The van der Waals surface area contributed by atoms with E-state index < -0.39 is 17.6 Å². The molecule has 1 atom stereocenters. The first-order valence-corrected chi connectivity index (χ1v) is 9.73. The Bertz CT molecular complexity index is 458. The molecule has 0 aliphatic rings. The number of hydrogen-bond acceptors (Lipinski definition) is 6. The van der Waals surface area contributed by atoms with Crippen LogP contribution < -0.4 is 10.6 Å². The zero-order valence-electron chi connectivity index (χ0n) is 18.5. The number of carboxylic acid groups (broad SMARTS) is 1. The first-order chi connectivity index (χ1) is 12.8. The predicted molar refractivity (Wildman–Crippen MR) is 109 cm³/mol. The predicted octanol–water partition coefficient (Wildman–Crippen LogP) is 1.74. The highest BCUT2D eigenvalue weighted by molar-refractivity contribution is 5.84. The molecule has 8 nitrogen and oxygen atoms in total. The van der Waals surface area contributed by atoms with Crippen LogP contribution in [0.5, 0.6) is 0 Å². The molecule has 28 heavy (non-hydrogen) atoms. The number of aliphatic hydroxyl groups is 1. The lowest BCUT2D eigenvalue weighted by Gasteiger charge is -2.27. The maximum atomic E-state index is 11.2. The number of nitrogens with one attached hydrogen (secondary N) is 2. The molecule has 4 N–H and O–H groups in total. The van der Waals surface area contributed by atoms with Crippen LogP contribution in [0.3, 0.4) is 0 Å². The topological polar surface area (TPSA) is 125 Å². The molecule has 0 saturated heterocycles. The van der Waals surface area contributed by atoms with Gasteiger partial charge < -0.3 is 30.4 Å². The van der Waals surface area contributed by atoms with Gasteiger partial charge in [0.1, 0.15) is 12.3 Å². The largest absolute Gasteiger partial charge is 0.480 e. The minimum absolute atomic E-state index is 0.103. The number of aliphatic carboxylic acids is 1. The SMILES string of the molecule is CC(C)C(=O)NC(CCC=O)C(=O)O.CNCCC(C)(C)OCCC(C)(C)O. The van der Waals surface area contributed by atoms with Crippen LogP contribution in [0.2, 0.25) is 0 Å². The lowest BCUT2D eigenvalue weighted by molar-refractivity contribution is -0.142. The second-order valence-corrected chi connectivity index (χ2v) is 8.32. The Balaban J connectivity index is 0. The number of carbonyl (C=O) groups is 3. The van der Waals surface area contributed by atoms with Gasteiger partial charge in [0.25, 0.3) is 0 Å². The molecule has 1 amide bonds. The van der Waals surface area contributed by atoms with Gasteiger partial charge >= 0.3 is 5.97 Å². The van der Waals surface area contributed by atoms with Gasteiger partial charge in [-0.2, -0.15) is 0 Å². The van der Waals surface area contributed by atoms with Gasteiger partial charge in [-0.15, -0.1) is 0 Å². The molecule has 0 bridgehead atoms. The third-order valence-corrected chi connectivity index (χ3v) is 3.90. The van der Waals surface area contributed by atoms with Gasteiger partial charge in [0.2, 0.25) is 5.91 Å². The quantitative estimate of drug-likeness (QED) is 0.345. The third-order valence-electron chi connectivity index (χ3n) is 3.90. The summed E-state index contributed by atoms with van der Waals surface area (Å²) in [6.07, 6.45) is 2.56. The summed E-state index contributed by atoms with van der Waals surface area (Å²) in [5, 5.41) is 23.7. The summed E-state index contributed by atoms with van der Waals surface area (Å²) in [7, 11) is 1.94. The normalized spacial score (nSPS) is 12.8. The van der Waals surface area contributed by atoms with E-state index >= 15 is 0 Å². The Morgan fingerprint density at radius 1 is 1.14 bits per heavy atom. The molecule has 0 saturated carbocycles. The molecule has 0 rings (SSSR count). The monoisotopic (exact) mass is 404 g/mol. The second kappa shape index (κ2) is 14.5. The van der Waals surface area contributed by atoms with Crippen LogP contribution in [0, 0.1) is 5.92 Å². The van der Waals surface area contributed by atoms with Crippen molar-refractivity contribution in [1.29, 1.82) is 0 Å². The fourth-order valence-electron chi connectivity index (χ4n) is 1.91. The minimum atomic E-state index is -1.11. The van der Waals surface area contributed by atoms with Gasteiger partial charge in [0.15, 0.2) is 0 Å². The summed E-state index contributed by atoms with van der Waals surface area (Å²) >= 11 is 0. The molecule has 0 radical (unpaired) electrons. The van der Waals surface area contributed by atoms with Crippen molar-refractivity contribution in [3.05, 3.63) is 0 Å². The first-order valence-electron chi connectivity index (χ1n) is 9.73. The van der Waals surface area contributed by atoms with Gasteiger partial charge in [-0.05, 0) is 60.5 Å². The van der Waals surface area contributed by atoms with Gasteiger partial charge in [-0.1, -0.05) is 13.8 Å². The summed E-state index contributed by atoms with van der Waals surface area (Å²) in [4.78, 5) is 31.8. The first kappa shape index (κ1) is 28.7. The highest BCUT2D eigenvalue weighted by atomic mass is 16.5. The lowest BCUT2D eigenvalue weighted by Crippen LogP contribution is -2.42. The van der Waals surface area contributed by atoms with E-state index in [-0.39, 0.29) is 30.3 Å². The summed E-state index contributed by atoms with van der Waals surface area (Å²) < 4.78 is 5.71. The van der Waals surface area contributed by atoms with Crippen LogP contribution in [0.4, 0.5) is 0 Å². The van der Waals surface area contributed by atoms with Crippen LogP contribution in [-0.4, -0.2) is 65.8 Å². The zero-order chi connectivity index (χ0) is 22.4. The van der Waals surface area contributed by atoms with Crippen molar-refractivity contribution in [2.75, 3.05) is 20.2 Å². The van der Waals surface area contributed by atoms with Gasteiger partial charge in [0.05, 0.1) is 17.8 Å². The second-order valence-electron chi connectivity index (χ2n) is 8.32. The third kappa shape index (κ3) is 17.9. The molecule has 0 aromatic rings. The maximum absolute atomic E-state index is 11.2. The standard InChI is InChI=1S/C11H25NO2.C9H15NO4/c1-10(2,13)7-9-14-11(3,4)6-8-12-5;1-6(2)8(12)10-7(9(13)14)4-3-5-11/h12-13H,6-9H2,1-5H3;5-7H,3-4H2,1-2H3,(H,10,12)(H,13,14). The van der Waals surface area contributed by atoms with Crippen molar-refractivity contribution < 1.29 is 29.3 Å². The number of rotatable bonds is 13. The molecule has 0 aromatic carbocycles. The van der Waals surface area contributed by atoms with E-state index in [9.17, 15) is 19.5 Å². The van der Waals surface area contributed by atoms with Crippen LogP contribution in [0.25, 0.3) is 0 Å². The number of ether oxygens (including phenoxy) is 1. The summed E-state index contributed by atoms with van der Waals surface area (Å²) in [6.45, 7) is 12.7. The number of carboxylic acids is 1. The van der Waals surface area contributed by atoms with Crippen molar-refractivity contribution >= 4 is 18.2 Å². The van der Waals surface area contributed by atoms with E-state index in [4.69, 9.17) is 9.84 Å². The fraction of sp³-hybridized carbons (Fsp3) is 0.850. The van der Waals surface area contributed by atoms with E-state index in [2.05, 4.69) is 24.5 Å². The number of aldehydes is 1. The number of carbonyl (C=O) groups excluding carboxylic acids is 2. The average Bonchev–Trinajstić information content (AvgIpc) is 2.55. The van der Waals surface area contributed by atoms with Gasteiger partial charge in [-0.25, -0.2) is 4.79 Å². The van der Waals surface area contributed by atoms with Crippen molar-refractivity contribution in [3.63, 3.8) is 0 Å². The summed E-state index contributed by atoms with van der Waals surface area (Å²) in [5.41, 5.74) is -0.729. The lowest BCUT2D eigenvalue weighted by atomic mass is 10.0. The Kier molecular flexibility index (Phi) is 14.8. The molecule has 0 aliphatic carbocycles. The van der Waals surface area contributed by atoms with E-state index in [0.29, 0.717) is 19.3 Å². The van der Waals surface area contributed by atoms with Crippen LogP contribution >= 0.6 is 0 Å². The summed E-state index contributed by atoms with van der Waals surface area (Å²) in [6, 6.07) is -0.963. The minimum Gasteiger partial charge on any atom is -0.480 e. The van der Waals surface area contributed by atoms with Crippen LogP contribution in [-0.2, 0) is 19.1 Å². The summed E-state index contributed by atoms with van der Waals surface area (Å²) in [5.74, 6) is -1.68. The average molecular weight is 405 g/mol. The van der Waals surface area contributed by atoms with Gasteiger partial charge in [0, 0.05) is 12.3 Å². The van der Waals surface area contributed by atoms with E-state index in [1.807, 2.05) is 7.05 Å². The molecular weight excluding hydrogens is 364 g/mol. The molecule has 0 aromatic heterocycles. The molecule has 0 heterocycles. The Hall–Kier alpha value is -1.51. The maximum Gasteiger partial charge on any atom is 0.326 e.